The molecule has 2 aromatic rings. The normalized spacial score (nSPS) is 14.9. The van der Waals surface area contributed by atoms with E-state index in [2.05, 4.69) is 4.90 Å². The Morgan fingerprint density at radius 1 is 1.08 bits per heavy atom. The van der Waals surface area contributed by atoms with Crippen LogP contribution in [0.3, 0.4) is 0 Å². The lowest BCUT2D eigenvalue weighted by atomic mass is 10.2. The van der Waals surface area contributed by atoms with Crippen molar-refractivity contribution in [3.05, 3.63) is 46.7 Å². The maximum absolute atomic E-state index is 12.3. The van der Waals surface area contributed by atoms with Crippen molar-refractivity contribution < 1.29 is 19.1 Å². The van der Waals surface area contributed by atoms with Gasteiger partial charge in [-0.15, -0.1) is 11.3 Å². The van der Waals surface area contributed by atoms with Gasteiger partial charge < -0.3 is 14.4 Å². The van der Waals surface area contributed by atoms with Gasteiger partial charge in [-0.1, -0.05) is 12.1 Å². The van der Waals surface area contributed by atoms with Gasteiger partial charge >= 0.3 is 0 Å². The Morgan fingerprint density at radius 3 is 2.54 bits per heavy atom. The number of ether oxygens (including phenoxy) is 2. The molecule has 0 aliphatic carbocycles. The Bertz CT molecular complexity index is 740. The first-order chi connectivity index (χ1) is 12.7. The highest BCUT2D eigenvalue weighted by atomic mass is 32.1. The number of Topliss-reactive ketones (excluding diaryl/α,β-unsaturated/α-hetero) is 1. The van der Waals surface area contributed by atoms with Crippen molar-refractivity contribution in [2.75, 3.05) is 46.4 Å². The second-order valence-electron chi connectivity index (χ2n) is 6.03. The van der Waals surface area contributed by atoms with Gasteiger partial charge in [0.15, 0.2) is 12.4 Å². The maximum Gasteiger partial charge on any atom is 0.260 e. The second-order valence-corrected chi connectivity index (χ2v) is 6.97. The molecule has 1 fully saturated rings. The molecule has 3 rings (SSSR count). The highest BCUT2D eigenvalue weighted by Gasteiger charge is 2.23. The van der Waals surface area contributed by atoms with Gasteiger partial charge in [0.25, 0.3) is 5.91 Å². The summed E-state index contributed by atoms with van der Waals surface area (Å²) in [5.74, 6) is 1.40. The Kier molecular flexibility index (Phi) is 6.25. The molecule has 1 aliphatic heterocycles. The first-order valence-electron chi connectivity index (χ1n) is 8.49. The number of nitrogens with zero attached hydrogens (tertiary/aromatic N) is 2. The molecule has 0 atom stereocenters. The minimum absolute atomic E-state index is 0.00128. The van der Waals surface area contributed by atoms with Crippen LogP contribution >= 0.6 is 11.3 Å². The lowest BCUT2D eigenvalue weighted by Crippen LogP contribution is -2.50. The lowest BCUT2D eigenvalue weighted by molar-refractivity contribution is -0.135. The smallest absolute Gasteiger partial charge is 0.260 e. The van der Waals surface area contributed by atoms with Crippen LogP contribution in [-0.4, -0.2) is 67.9 Å². The summed E-state index contributed by atoms with van der Waals surface area (Å²) >= 11 is 1.47. The number of ketones is 1. The van der Waals surface area contributed by atoms with Crippen molar-refractivity contribution in [1.29, 1.82) is 0 Å². The summed E-state index contributed by atoms with van der Waals surface area (Å²) in [7, 11) is 1.59. The molecule has 1 amide bonds. The summed E-state index contributed by atoms with van der Waals surface area (Å²) in [6.45, 7) is 3.02. The fourth-order valence-corrected chi connectivity index (χ4v) is 3.46. The van der Waals surface area contributed by atoms with Gasteiger partial charge in [0.2, 0.25) is 0 Å². The van der Waals surface area contributed by atoms with Gasteiger partial charge in [0, 0.05) is 32.2 Å². The van der Waals surface area contributed by atoms with Crippen LogP contribution in [0, 0.1) is 0 Å². The van der Waals surface area contributed by atoms with Crippen LogP contribution < -0.4 is 9.47 Å². The van der Waals surface area contributed by atoms with E-state index in [0.717, 1.165) is 4.88 Å². The van der Waals surface area contributed by atoms with Crippen molar-refractivity contribution >= 4 is 23.0 Å². The van der Waals surface area contributed by atoms with E-state index in [1.807, 2.05) is 29.6 Å². The average Bonchev–Trinajstić information content (AvgIpc) is 3.22. The molecule has 1 aromatic carbocycles. The van der Waals surface area contributed by atoms with Crippen LogP contribution in [0.2, 0.25) is 0 Å². The Labute approximate surface area is 156 Å². The molecule has 2 heterocycles. The molecule has 0 spiro atoms. The average molecular weight is 374 g/mol. The Balaban J connectivity index is 1.42. The fraction of sp³-hybridized carbons (Fsp3) is 0.368. The second kappa shape index (κ2) is 8.82. The zero-order valence-corrected chi connectivity index (χ0v) is 15.5. The summed E-state index contributed by atoms with van der Waals surface area (Å²) in [4.78, 5) is 29.1. The zero-order chi connectivity index (χ0) is 18.4. The van der Waals surface area contributed by atoms with Gasteiger partial charge in [-0.2, -0.15) is 0 Å². The van der Waals surface area contributed by atoms with E-state index in [1.165, 1.54) is 11.3 Å². The maximum atomic E-state index is 12.3. The molecule has 0 radical (unpaired) electrons. The van der Waals surface area contributed by atoms with Crippen molar-refractivity contribution in [1.82, 2.24) is 9.80 Å². The number of methoxy groups -OCH3 is 1. The SMILES string of the molecule is COc1cccc(OCC(=O)N2CCN(CC(=O)c3cccs3)CC2)c1. The van der Waals surface area contributed by atoms with Gasteiger partial charge in [0.1, 0.15) is 11.5 Å². The van der Waals surface area contributed by atoms with Crippen molar-refractivity contribution in [2.45, 2.75) is 0 Å². The molecule has 1 aromatic heterocycles. The van der Waals surface area contributed by atoms with Crippen molar-refractivity contribution in [3.63, 3.8) is 0 Å². The van der Waals surface area contributed by atoms with Gasteiger partial charge in [-0.3, -0.25) is 14.5 Å². The number of carbonyl (C=O) groups is 2. The number of carbonyl (C=O) groups excluding carboxylic acids is 2. The first-order valence-corrected chi connectivity index (χ1v) is 9.37. The standard InChI is InChI=1S/C19H22N2O4S/c1-24-15-4-2-5-16(12-15)25-14-19(23)21-9-7-20(8-10-21)13-17(22)18-6-3-11-26-18/h2-6,11-12H,7-10,13-14H2,1H3. The molecule has 1 saturated heterocycles. The molecule has 0 bridgehead atoms. The molecule has 26 heavy (non-hydrogen) atoms. The molecule has 0 N–H and O–H groups in total. The fourth-order valence-electron chi connectivity index (χ4n) is 2.80. The van der Waals surface area contributed by atoms with E-state index < -0.39 is 0 Å². The number of amides is 1. The van der Waals surface area contributed by atoms with E-state index in [4.69, 9.17) is 9.47 Å². The van der Waals surface area contributed by atoms with E-state index in [1.54, 1.807) is 24.1 Å². The minimum atomic E-state index is -0.0444. The summed E-state index contributed by atoms with van der Waals surface area (Å²) < 4.78 is 10.7. The van der Waals surface area contributed by atoms with E-state index in [0.29, 0.717) is 44.2 Å². The highest BCUT2D eigenvalue weighted by molar-refractivity contribution is 7.12. The van der Waals surface area contributed by atoms with E-state index >= 15 is 0 Å². The Morgan fingerprint density at radius 2 is 1.85 bits per heavy atom. The van der Waals surface area contributed by atoms with E-state index in [9.17, 15) is 9.59 Å². The number of hydrogen-bond acceptors (Lipinski definition) is 6. The number of hydrogen-bond donors (Lipinski definition) is 0. The van der Waals surface area contributed by atoms with Gasteiger partial charge in [-0.25, -0.2) is 0 Å². The van der Waals surface area contributed by atoms with Crippen molar-refractivity contribution in [2.24, 2.45) is 0 Å². The topological polar surface area (TPSA) is 59.1 Å². The highest BCUT2D eigenvalue weighted by Crippen LogP contribution is 2.19. The first kappa shape index (κ1) is 18.4. The third-order valence-corrected chi connectivity index (χ3v) is 5.20. The zero-order valence-electron chi connectivity index (χ0n) is 14.7. The van der Waals surface area contributed by atoms with Crippen LogP contribution in [-0.2, 0) is 4.79 Å². The molecular weight excluding hydrogens is 352 g/mol. The lowest BCUT2D eigenvalue weighted by Gasteiger charge is -2.34. The van der Waals surface area contributed by atoms with Crippen LogP contribution in [0.25, 0.3) is 0 Å². The molecular formula is C19H22N2O4S. The molecule has 0 unspecified atom stereocenters. The van der Waals surface area contributed by atoms with Crippen LogP contribution in [0.5, 0.6) is 11.5 Å². The summed E-state index contributed by atoms with van der Waals surface area (Å²) in [6, 6.07) is 10.9. The minimum Gasteiger partial charge on any atom is -0.497 e. The van der Waals surface area contributed by atoms with Crippen LogP contribution in [0.15, 0.2) is 41.8 Å². The van der Waals surface area contributed by atoms with Crippen LogP contribution in [0.1, 0.15) is 9.67 Å². The molecule has 7 heteroatoms. The van der Waals surface area contributed by atoms with Gasteiger partial charge in [-0.05, 0) is 23.6 Å². The largest absolute Gasteiger partial charge is 0.497 e. The van der Waals surface area contributed by atoms with E-state index in [-0.39, 0.29) is 18.3 Å². The number of piperazine rings is 1. The summed E-state index contributed by atoms with van der Waals surface area (Å²) in [5.41, 5.74) is 0. The predicted octanol–water partition coefficient (Wildman–Crippen LogP) is 2.16. The Hall–Kier alpha value is -2.38. The molecule has 1 aliphatic rings. The third kappa shape index (κ3) is 4.83. The number of thiophene rings is 1. The monoisotopic (exact) mass is 374 g/mol. The quantitative estimate of drug-likeness (QED) is 0.695. The molecule has 6 nitrogen and oxygen atoms in total. The summed E-state index contributed by atoms with van der Waals surface area (Å²) in [5, 5.41) is 1.91. The van der Waals surface area contributed by atoms with Gasteiger partial charge in [0.05, 0.1) is 18.5 Å². The molecule has 0 saturated carbocycles. The third-order valence-electron chi connectivity index (χ3n) is 4.29. The predicted molar refractivity (Wildman–Crippen MR) is 100 cm³/mol. The number of rotatable bonds is 7. The number of benzene rings is 1. The molecule has 138 valence electrons. The van der Waals surface area contributed by atoms with Crippen LogP contribution in [0.4, 0.5) is 0 Å². The summed E-state index contributed by atoms with van der Waals surface area (Å²) in [6.07, 6.45) is 0. The van der Waals surface area contributed by atoms with Crippen molar-refractivity contribution in [3.8, 4) is 11.5 Å².